The van der Waals surface area contributed by atoms with Crippen molar-refractivity contribution in [3.8, 4) is 0 Å². The SMILES string of the molecule is NC(=S)NCC1CN(c2ccc(N3CC[N+]([O-])(CCNC(=O)c4ccc([N+](=O)[O-])o4)CC3)c(F)c2)C(=O)O1. The van der Waals surface area contributed by atoms with Gasteiger partial charge in [-0.15, -0.1) is 0 Å². The van der Waals surface area contributed by atoms with E-state index in [0.29, 0.717) is 11.4 Å². The van der Waals surface area contributed by atoms with Gasteiger partial charge in [0.15, 0.2) is 10.9 Å². The van der Waals surface area contributed by atoms with Crippen molar-refractivity contribution in [3.63, 3.8) is 0 Å². The van der Waals surface area contributed by atoms with Gasteiger partial charge in [-0.05, 0) is 36.5 Å². The van der Waals surface area contributed by atoms with Crippen molar-refractivity contribution in [1.29, 1.82) is 0 Å². The molecule has 2 aliphatic heterocycles. The maximum Gasteiger partial charge on any atom is 0.433 e. The summed E-state index contributed by atoms with van der Waals surface area (Å²) in [7, 11) is 0. The van der Waals surface area contributed by atoms with E-state index in [0.717, 1.165) is 6.07 Å². The summed E-state index contributed by atoms with van der Waals surface area (Å²) >= 11 is 4.75. The first-order valence-corrected chi connectivity index (χ1v) is 12.1. The number of hydroxylamine groups is 3. The Bertz CT molecular complexity index is 1230. The van der Waals surface area contributed by atoms with Crippen molar-refractivity contribution in [3.05, 3.63) is 57.2 Å². The van der Waals surface area contributed by atoms with Crippen molar-refractivity contribution in [2.75, 3.05) is 62.2 Å². The lowest BCUT2D eigenvalue weighted by Crippen LogP contribution is -2.58. The number of nitrogens with zero attached hydrogens (tertiary/aromatic N) is 4. The third kappa shape index (κ3) is 6.27. The molecule has 1 aromatic carbocycles. The Morgan fingerprint density at radius 3 is 2.63 bits per heavy atom. The summed E-state index contributed by atoms with van der Waals surface area (Å²) in [6.07, 6.45) is -1.09. The zero-order chi connectivity index (χ0) is 27.4. The number of rotatable bonds is 9. The van der Waals surface area contributed by atoms with Crippen LogP contribution in [0.3, 0.4) is 0 Å². The molecule has 16 heteroatoms. The highest BCUT2D eigenvalue weighted by molar-refractivity contribution is 7.80. The first-order chi connectivity index (χ1) is 18.0. The number of hydrogen-bond acceptors (Lipinski definition) is 9. The molecule has 0 bridgehead atoms. The van der Waals surface area contributed by atoms with Crippen LogP contribution in [0.1, 0.15) is 10.6 Å². The van der Waals surface area contributed by atoms with Crippen LogP contribution in [-0.2, 0) is 4.74 Å². The zero-order valence-corrected chi connectivity index (χ0v) is 20.9. The fraction of sp³-hybridized carbons (Fsp3) is 0.409. The lowest BCUT2D eigenvalue weighted by atomic mass is 10.2. The van der Waals surface area contributed by atoms with E-state index < -0.39 is 39.4 Å². The van der Waals surface area contributed by atoms with Gasteiger partial charge in [0.05, 0.1) is 69.8 Å². The summed E-state index contributed by atoms with van der Waals surface area (Å²) in [6.45, 7) is 1.48. The average Bonchev–Trinajstić information content (AvgIpc) is 3.51. The van der Waals surface area contributed by atoms with Crippen molar-refractivity contribution in [2.24, 2.45) is 5.73 Å². The molecule has 2 aromatic rings. The maximum atomic E-state index is 15.0. The van der Waals surface area contributed by atoms with E-state index in [1.807, 2.05) is 0 Å². The number of hydrogen-bond donors (Lipinski definition) is 3. The van der Waals surface area contributed by atoms with Gasteiger partial charge in [-0.2, -0.15) is 0 Å². The number of carbonyl (C=O) groups excluding carboxylic acids is 2. The van der Waals surface area contributed by atoms with Crippen LogP contribution in [0.4, 0.5) is 26.4 Å². The molecule has 38 heavy (non-hydrogen) atoms. The van der Waals surface area contributed by atoms with Gasteiger partial charge >= 0.3 is 12.0 Å². The number of nitrogens with two attached hydrogens (primary N) is 1. The molecule has 3 heterocycles. The van der Waals surface area contributed by atoms with E-state index in [4.69, 9.17) is 27.1 Å². The van der Waals surface area contributed by atoms with Crippen molar-refractivity contribution in [2.45, 2.75) is 6.10 Å². The van der Waals surface area contributed by atoms with Crippen molar-refractivity contribution in [1.82, 2.24) is 10.6 Å². The third-order valence-corrected chi connectivity index (χ3v) is 6.46. The van der Waals surface area contributed by atoms with Crippen LogP contribution in [0.25, 0.3) is 0 Å². The summed E-state index contributed by atoms with van der Waals surface area (Å²) in [5, 5.41) is 29.1. The molecule has 14 nitrogen and oxygen atoms in total. The number of nitrogens with one attached hydrogen (secondary N) is 2. The molecule has 2 saturated heterocycles. The smallest absolute Gasteiger partial charge is 0.433 e. The normalized spacial score (nSPS) is 18.7. The Morgan fingerprint density at radius 1 is 1.26 bits per heavy atom. The van der Waals surface area contributed by atoms with Crippen molar-refractivity contribution < 1.29 is 32.7 Å². The fourth-order valence-corrected chi connectivity index (χ4v) is 4.36. The van der Waals surface area contributed by atoms with Gasteiger partial charge in [0, 0.05) is 0 Å². The molecular formula is C22H26FN7O7S. The Labute approximate surface area is 221 Å². The van der Waals surface area contributed by atoms with Gasteiger partial charge in [0.2, 0.25) is 0 Å². The summed E-state index contributed by atoms with van der Waals surface area (Å²) in [4.78, 5) is 37.3. The number of amides is 2. The number of halogens is 1. The molecule has 2 aliphatic rings. The molecule has 1 aromatic heterocycles. The summed E-state index contributed by atoms with van der Waals surface area (Å²) in [5.41, 5.74) is 6.05. The first kappa shape index (κ1) is 27.0. The van der Waals surface area contributed by atoms with Gasteiger partial charge < -0.3 is 40.3 Å². The number of benzene rings is 1. The quantitative estimate of drug-likeness (QED) is 0.133. The topological polar surface area (TPSA) is 179 Å². The van der Waals surface area contributed by atoms with Crippen molar-refractivity contribution >= 4 is 46.6 Å². The van der Waals surface area contributed by atoms with Crippen LogP contribution in [0.2, 0.25) is 0 Å². The van der Waals surface area contributed by atoms with Gasteiger partial charge in [-0.3, -0.25) is 19.8 Å². The van der Waals surface area contributed by atoms with Crippen LogP contribution >= 0.6 is 12.2 Å². The average molecular weight is 552 g/mol. The molecule has 4 N–H and O–H groups in total. The Kier molecular flexibility index (Phi) is 7.94. The minimum absolute atomic E-state index is 0.0411. The van der Waals surface area contributed by atoms with E-state index in [-0.39, 0.29) is 63.2 Å². The number of furan rings is 1. The monoisotopic (exact) mass is 551 g/mol. The lowest BCUT2D eigenvalue weighted by Gasteiger charge is -2.48. The molecule has 204 valence electrons. The molecule has 2 fully saturated rings. The van der Waals surface area contributed by atoms with Crippen LogP contribution in [0, 0.1) is 21.1 Å². The molecule has 0 aliphatic carbocycles. The number of quaternary nitrogens is 1. The van der Waals surface area contributed by atoms with E-state index >= 15 is 4.39 Å². The molecule has 0 saturated carbocycles. The van der Waals surface area contributed by atoms with Crippen LogP contribution in [0.5, 0.6) is 0 Å². The predicted octanol–water partition coefficient (Wildman–Crippen LogP) is 1.05. The zero-order valence-electron chi connectivity index (χ0n) is 20.1. The molecule has 4 rings (SSSR count). The Morgan fingerprint density at radius 2 is 2.00 bits per heavy atom. The highest BCUT2D eigenvalue weighted by Crippen LogP contribution is 2.29. The highest BCUT2D eigenvalue weighted by atomic mass is 32.1. The lowest BCUT2D eigenvalue weighted by molar-refractivity contribution is -0.880. The second-order valence-corrected chi connectivity index (χ2v) is 9.30. The largest absolute Gasteiger partial charge is 0.633 e. The Balaban J connectivity index is 1.27. The molecule has 1 atom stereocenters. The van der Waals surface area contributed by atoms with Crippen LogP contribution < -0.4 is 26.2 Å². The molecular weight excluding hydrogens is 525 g/mol. The highest BCUT2D eigenvalue weighted by Gasteiger charge is 2.33. The van der Waals surface area contributed by atoms with E-state index in [9.17, 15) is 24.9 Å². The number of ether oxygens (including phenoxy) is 1. The number of nitro groups is 1. The second kappa shape index (κ2) is 11.2. The predicted molar refractivity (Wildman–Crippen MR) is 137 cm³/mol. The minimum atomic E-state index is -0.751. The summed E-state index contributed by atoms with van der Waals surface area (Å²) in [5.74, 6) is -1.95. The number of piperazine rings is 1. The first-order valence-electron chi connectivity index (χ1n) is 11.7. The Hall–Kier alpha value is -4.02. The van der Waals surface area contributed by atoms with Gasteiger partial charge in [0.1, 0.15) is 16.8 Å². The number of carbonyl (C=O) groups is 2. The summed E-state index contributed by atoms with van der Waals surface area (Å²) in [6, 6.07) is 6.69. The van der Waals surface area contributed by atoms with Crippen LogP contribution in [-0.4, -0.2) is 85.1 Å². The third-order valence-electron chi connectivity index (χ3n) is 6.32. The van der Waals surface area contributed by atoms with Gasteiger partial charge in [-0.25, -0.2) is 9.18 Å². The van der Waals surface area contributed by atoms with E-state index in [1.165, 1.54) is 17.0 Å². The van der Waals surface area contributed by atoms with Gasteiger partial charge in [-0.1, -0.05) is 0 Å². The number of thiocarbonyl (C=S) groups is 1. The van der Waals surface area contributed by atoms with E-state index in [1.54, 1.807) is 17.0 Å². The number of anilines is 2. The van der Waals surface area contributed by atoms with Gasteiger partial charge in [0.25, 0.3) is 5.91 Å². The molecule has 2 amide bonds. The number of cyclic esters (lactones) is 1. The summed E-state index contributed by atoms with van der Waals surface area (Å²) < 4.78 is 24.5. The maximum absolute atomic E-state index is 15.0. The molecule has 1 unspecified atom stereocenters. The van der Waals surface area contributed by atoms with Crippen LogP contribution in [0.15, 0.2) is 34.7 Å². The minimum Gasteiger partial charge on any atom is -0.633 e. The fourth-order valence-electron chi connectivity index (χ4n) is 4.28. The second-order valence-electron chi connectivity index (χ2n) is 8.86. The van der Waals surface area contributed by atoms with E-state index in [2.05, 4.69) is 10.6 Å². The standard InChI is InChI=1S/C22H26FN7O7S/c23-16-11-14(28-13-15(36-22(28)32)12-26-21(24)38)1-2-17(16)27-6-9-30(35,10-7-27)8-5-25-20(31)18-3-4-19(37-18)29(33)34/h1-4,11,15H,5-10,12-13H2,(H,25,31)(H3,24,26,38). The molecule has 0 radical (unpaired) electrons. The molecule has 0 spiro atoms.